The van der Waals surface area contributed by atoms with Crippen molar-refractivity contribution in [1.82, 2.24) is 15.0 Å². The molecule has 8 heteroatoms. The van der Waals surface area contributed by atoms with Gasteiger partial charge in [-0.3, -0.25) is 4.79 Å². The van der Waals surface area contributed by atoms with Gasteiger partial charge in [0.1, 0.15) is 17.2 Å². The molecule has 0 aliphatic carbocycles. The Morgan fingerprint density at radius 1 is 1.21 bits per heavy atom. The number of fused-ring (bicyclic) bond motifs is 2. The molecule has 0 aliphatic heterocycles. The van der Waals surface area contributed by atoms with E-state index in [0.717, 1.165) is 17.7 Å². The number of benzene rings is 2. The molecule has 4 aromatic rings. The maximum absolute atomic E-state index is 14.3. The normalized spacial score (nSPS) is 11.4. The van der Waals surface area contributed by atoms with Gasteiger partial charge in [0, 0.05) is 26.4 Å². The number of nitrogens with one attached hydrogen (secondary N) is 2. The van der Waals surface area contributed by atoms with Crippen molar-refractivity contribution in [3.05, 3.63) is 52.6 Å². The van der Waals surface area contributed by atoms with Gasteiger partial charge in [-0.2, -0.15) is 0 Å². The number of halogens is 1. The van der Waals surface area contributed by atoms with E-state index in [1.54, 1.807) is 13.2 Å². The largest absolute Gasteiger partial charge is 0.397 e. The lowest BCUT2D eigenvalue weighted by molar-refractivity contribution is 0.206. The molecule has 2 aromatic heterocycles. The molecule has 7 nitrogen and oxygen atoms in total. The van der Waals surface area contributed by atoms with Crippen LogP contribution in [0.15, 0.2) is 41.2 Å². The van der Waals surface area contributed by atoms with Crippen LogP contribution in [0.2, 0.25) is 0 Å². The van der Waals surface area contributed by atoms with Crippen LogP contribution in [-0.4, -0.2) is 42.3 Å². The van der Waals surface area contributed by atoms with Crippen LogP contribution >= 0.6 is 0 Å². The third kappa shape index (κ3) is 2.97. The van der Waals surface area contributed by atoms with Crippen LogP contribution in [0.25, 0.3) is 33.3 Å². The standard InChI is InChI=1S/C20H20FN5O2/c1-26(8-9-28-2)11-6-7-13-15(10-11)24-19(23-13)17-18(22)16-12(21)4-3-5-14(16)25-20(17)27/h3-7,10H,8-9H2,1-2H3,(H,23,24)(H3,22,25,27). The monoisotopic (exact) mass is 381 g/mol. The van der Waals surface area contributed by atoms with Crippen LogP contribution in [-0.2, 0) is 4.74 Å². The second-order valence-corrected chi connectivity index (χ2v) is 6.61. The van der Waals surface area contributed by atoms with Gasteiger partial charge in [-0.05, 0) is 30.3 Å². The summed E-state index contributed by atoms with van der Waals surface area (Å²) in [7, 11) is 3.62. The number of hydrogen-bond donors (Lipinski definition) is 3. The van der Waals surface area contributed by atoms with Gasteiger partial charge in [0.15, 0.2) is 0 Å². The quantitative estimate of drug-likeness (QED) is 0.494. The number of ether oxygens (including phenoxy) is 1. The van der Waals surface area contributed by atoms with Crippen molar-refractivity contribution in [1.29, 1.82) is 0 Å². The number of nitrogens with zero attached hydrogens (tertiary/aromatic N) is 2. The first-order valence-electron chi connectivity index (χ1n) is 8.80. The fraction of sp³-hybridized carbons (Fsp3) is 0.200. The van der Waals surface area contributed by atoms with E-state index in [0.29, 0.717) is 23.5 Å². The first-order valence-corrected chi connectivity index (χ1v) is 8.80. The Morgan fingerprint density at radius 3 is 2.82 bits per heavy atom. The Balaban J connectivity index is 1.84. The number of likely N-dealkylation sites (N-methyl/N-ethyl adjacent to an activating group) is 1. The zero-order chi connectivity index (χ0) is 19.8. The molecule has 0 atom stereocenters. The average Bonchev–Trinajstić information content (AvgIpc) is 3.08. The number of pyridine rings is 1. The number of nitrogen functional groups attached to an aromatic ring is 1. The molecule has 144 valence electrons. The van der Waals surface area contributed by atoms with Gasteiger partial charge < -0.3 is 25.3 Å². The van der Waals surface area contributed by atoms with E-state index in [1.807, 2.05) is 25.2 Å². The van der Waals surface area contributed by atoms with Crippen molar-refractivity contribution >= 4 is 33.3 Å². The topological polar surface area (TPSA) is 100 Å². The number of hydrogen-bond acceptors (Lipinski definition) is 5. The highest BCUT2D eigenvalue weighted by Gasteiger charge is 2.18. The number of aromatic nitrogens is 3. The van der Waals surface area contributed by atoms with Crippen molar-refractivity contribution in [3.8, 4) is 11.4 Å². The second-order valence-electron chi connectivity index (χ2n) is 6.61. The molecule has 0 spiro atoms. The number of imidazole rings is 1. The van der Waals surface area contributed by atoms with Crippen molar-refractivity contribution in [3.63, 3.8) is 0 Å². The number of aromatic amines is 2. The van der Waals surface area contributed by atoms with Crippen LogP contribution in [0.1, 0.15) is 0 Å². The van der Waals surface area contributed by atoms with E-state index in [1.165, 1.54) is 12.1 Å². The van der Waals surface area contributed by atoms with Gasteiger partial charge in [-0.1, -0.05) is 6.07 Å². The zero-order valence-corrected chi connectivity index (χ0v) is 15.5. The molecular weight excluding hydrogens is 361 g/mol. The van der Waals surface area contributed by atoms with Crippen LogP contribution in [0.3, 0.4) is 0 Å². The van der Waals surface area contributed by atoms with Gasteiger partial charge in [0.05, 0.1) is 34.2 Å². The number of nitrogens with two attached hydrogens (primary N) is 1. The lowest BCUT2D eigenvalue weighted by atomic mass is 10.1. The Hall–Kier alpha value is -3.39. The SMILES string of the molecule is COCCN(C)c1ccc2nc(-c3c(N)c4c(F)cccc4[nH]c3=O)[nH]c2c1. The Labute approximate surface area is 160 Å². The number of rotatable bonds is 5. The molecule has 0 bridgehead atoms. The predicted octanol–water partition coefficient (Wildman–Crippen LogP) is 2.88. The van der Waals surface area contributed by atoms with Gasteiger partial charge in [-0.15, -0.1) is 0 Å². The van der Waals surface area contributed by atoms with Crippen molar-refractivity contribution in [2.24, 2.45) is 0 Å². The summed E-state index contributed by atoms with van der Waals surface area (Å²) < 4.78 is 19.4. The van der Waals surface area contributed by atoms with E-state index >= 15 is 0 Å². The van der Waals surface area contributed by atoms with Crippen molar-refractivity contribution < 1.29 is 9.13 Å². The fourth-order valence-electron chi connectivity index (χ4n) is 3.28. The van der Waals surface area contributed by atoms with E-state index in [2.05, 4.69) is 19.9 Å². The molecule has 0 saturated heterocycles. The van der Waals surface area contributed by atoms with Crippen LogP contribution in [0.4, 0.5) is 15.8 Å². The lowest BCUT2D eigenvalue weighted by Crippen LogP contribution is -2.21. The first kappa shape index (κ1) is 18.0. The lowest BCUT2D eigenvalue weighted by Gasteiger charge is -2.18. The summed E-state index contributed by atoms with van der Waals surface area (Å²) in [5.41, 5.74) is 8.70. The van der Waals surface area contributed by atoms with Crippen LogP contribution in [0, 0.1) is 5.82 Å². The molecule has 28 heavy (non-hydrogen) atoms. The zero-order valence-electron chi connectivity index (χ0n) is 15.5. The van der Waals surface area contributed by atoms with Gasteiger partial charge in [0.25, 0.3) is 5.56 Å². The highest BCUT2D eigenvalue weighted by Crippen LogP contribution is 2.30. The van der Waals surface area contributed by atoms with Gasteiger partial charge in [0.2, 0.25) is 0 Å². The summed E-state index contributed by atoms with van der Waals surface area (Å²) in [4.78, 5) is 24.9. The summed E-state index contributed by atoms with van der Waals surface area (Å²) in [6, 6.07) is 10.2. The molecule has 4 N–H and O–H groups in total. The summed E-state index contributed by atoms with van der Waals surface area (Å²) in [6.45, 7) is 1.34. The predicted molar refractivity (Wildman–Crippen MR) is 109 cm³/mol. The number of methoxy groups -OCH3 is 1. The van der Waals surface area contributed by atoms with Crippen molar-refractivity contribution in [2.45, 2.75) is 0 Å². The Kier molecular flexibility index (Phi) is 4.48. The van der Waals surface area contributed by atoms with Crippen LogP contribution < -0.4 is 16.2 Å². The molecule has 0 amide bonds. The first-order chi connectivity index (χ1) is 13.5. The van der Waals surface area contributed by atoms with E-state index in [9.17, 15) is 9.18 Å². The number of H-pyrrole nitrogens is 2. The van der Waals surface area contributed by atoms with E-state index in [-0.39, 0.29) is 16.6 Å². The summed E-state index contributed by atoms with van der Waals surface area (Å²) in [6.07, 6.45) is 0. The molecule has 2 aromatic carbocycles. The maximum Gasteiger partial charge on any atom is 0.261 e. The molecule has 0 aliphatic rings. The van der Waals surface area contributed by atoms with Gasteiger partial charge in [-0.25, -0.2) is 9.37 Å². The molecule has 0 radical (unpaired) electrons. The average molecular weight is 381 g/mol. The summed E-state index contributed by atoms with van der Waals surface area (Å²) >= 11 is 0. The molecule has 0 saturated carbocycles. The number of anilines is 2. The third-order valence-electron chi connectivity index (χ3n) is 4.80. The van der Waals surface area contributed by atoms with Crippen LogP contribution in [0.5, 0.6) is 0 Å². The fourth-order valence-corrected chi connectivity index (χ4v) is 3.28. The molecule has 2 heterocycles. The molecule has 0 unspecified atom stereocenters. The molecule has 4 rings (SSSR count). The Bertz CT molecular complexity index is 1230. The van der Waals surface area contributed by atoms with Gasteiger partial charge >= 0.3 is 0 Å². The summed E-state index contributed by atoms with van der Waals surface area (Å²) in [5, 5.41) is 0.178. The van der Waals surface area contributed by atoms with Crippen molar-refractivity contribution in [2.75, 3.05) is 37.9 Å². The molecule has 0 fully saturated rings. The summed E-state index contributed by atoms with van der Waals surface area (Å²) in [5.74, 6) is -0.193. The minimum Gasteiger partial charge on any atom is -0.397 e. The second kappa shape index (κ2) is 6.97. The highest BCUT2D eigenvalue weighted by molar-refractivity contribution is 5.98. The minimum atomic E-state index is -0.495. The highest BCUT2D eigenvalue weighted by atomic mass is 19.1. The Morgan fingerprint density at radius 2 is 2.04 bits per heavy atom. The third-order valence-corrected chi connectivity index (χ3v) is 4.80. The maximum atomic E-state index is 14.3. The minimum absolute atomic E-state index is 0.0633. The van der Waals surface area contributed by atoms with E-state index in [4.69, 9.17) is 10.5 Å². The molecular formula is C20H20FN5O2. The smallest absolute Gasteiger partial charge is 0.261 e. The van der Waals surface area contributed by atoms with E-state index < -0.39 is 11.4 Å².